The van der Waals surface area contributed by atoms with Gasteiger partial charge < -0.3 is 29.9 Å². The maximum Gasteiger partial charge on any atom is 0.407 e. The maximum atomic E-state index is 13.0. The number of rotatable bonds is 5. The van der Waals surface area contributed by atoms with Gasteiger partial charge in [0.1, 0.15) is 5.39 Å². The molecule has 5 heterocycles. The van der Waals surface area contributed by atoms with Crippen LogP contribution < -0.4 is 10.9 Å². The Hall–Kier alpha value is -3.86. The van der Waals surface area contributed by atoms with Crippen LogP contribution in [0.2, 0.25) is 0 Å². The van der Waals surface area contributed by atoms with E-state index in [9.17, 15) is 19.5 Å². The molecule has 3 saturated heterocycles. The van der Waals surface area contributed by atoms with Crippen molar-refractivity contribution in [2.24, 2.45) is 5.41 Å². The fraction of sp³-hybridized carbons (Fsp3) is 0.481. The second-order valence-corrected chi connectivity index (χ2v) is 11.0. The number of fused-ring (bicyclic) bond motifs is 1. The van der Waals surface area contributed by atoms with Crippen molar-refractivity contribution in [3.05, 3.63) is 51.9 Å². The number of H-pyrrole nitrogens is 1. The largest absolute Gasteiger partial charge is 0.465 e. The van der Waals surface area contributed by atoms with Crippen molar-refractivity contribution in [2.75, 3.05) is 44.7 Å². The lowest BCUT2D eigenvalue weighted by atomic mass is 9.77. The zero-order valence-corrected chi connectivity index (χ0v) is 21.6. The Bertz CT molecular complexity index is 1470. The van der Waals surface area contributed by atoms with Crippen LogP contribution in [-0.4, -0.2) is 81.1 Å². The first-order chi connectivity index (χ1) is 18.2. The molecule has 3 aliphatic heterocycles. The Labute approximate surface area is 219 Å². The van der Waals surface area contributed by atoms with Crippen LogP contribution in [0.4, 0.5) is 16.3 Å². The summed E-state index contributed by atoms with van der Waals surface area (Å²) in [5.74, 6) is 0.457. The molecule has 0 radical (unpaired) electrons. The van der Waals surface area contributed by atoms with E-state index in [0.717, 1.165) is 44.0 Å². The summed E-state index contributed by atoms with van der Waals surface area (Å²) < 4.78 is 7.22. The van der Waals surface area contributed by atoms with Crippen LogP contribution in [0.1, 0.15) is 42.1 Å². The number of pyridine rings is 1. The molecule has 0 bridgehead atoms. The molecule has 2 amide bonds. The number of carbonyl (C=O) groups is 2. The van der Waals surface area contributed by atoms with Crippen LogP contribution in [0.5, 0.6) is 0 Å². The number of nitrogens with one attached hydrogen (secondary N) is 2. The smallest absolute Gasteiger partial charge is 0.407 e. The lowest BCUT2D eigenvalue weighted by Crippen LogP contribution is -2.67. The van der Waals surface area contributed by atoms with E-state index in [2.05, 4.69) is 17.2 Å². The molecular weight excluding hydrogens is 488 g/mol. The molecule has 3 aliphatic rings. The number of ether oxygens (including phenoxy) is 1. The van der Waals surface area contributed by atoms with Crippen molar-refractivity contribution < 1.29 is 19.4 Å². The highest BCUT2D eigenvalue weighted by Crippen LogP contribution is 2.39. The van der Waals surface area contributed by atoms with Crippen molar-refractivity contribution in [2.45, 2.75) is 38.6 Å². The summed E-state index contributed by atoms with van der Waals surface area (Å²) >= 11 is 0. The highest BCUT2D eigenvalue weighted by Gasteiger charge is 2.50. The molecule has 2 aromatic heterocycles. The second kappa shape index (κ2) is 8.87. The summed E-state index contributed by atoms with van der Waals surface area (Å²) in [5, 5.41) is 18.1. The van der Waals surface area contributed by atoms with Gasteiger partial charge in [0.2, 0.25) is 0 Å². The molecule has 11 nitrogen and oxygen atoms in total. The van der Waals surface area contributed by atoms with E-state index in [0.29, 0.717) is 48.2 Å². The number of carboxylic acid groups (broad SMARTS) is 1. The third kappa shape index (κ3) is 3.84. The third-order valence-corrected chi connectivity index (χ3v) is 8.55. The minimum absolute atomic E-state index is 0.0235. The van der Waals surface area contributed by atoms with E-state index >= 15 is 0 Å². The Morgan fingerprint density at radius 2 is 1.89 bits per heavy atom. The number of benzene rings is 1. The monoisotopic (exact) mass is 520 g/mol. The molecule has 1 aromatic carbocycles. The van der Waals surface area contributed by atoms with E-state index in [-0.39, 0.29) is 16.9 Å². The lowest BCUT2D eigenvalue weighted by Gasteiger charge is -2.55. The minimum Gasteiger partial charge on any atom is -0.465 e. The standard InChI is InChI=1S/C27H32N6O5/c1-3-27(7-10-31(11-8-27)25(36)37)33-20-6-9-28-23(34)21(20)22(30-33)29-18-4-5-19(17(2)12-18)24(35)32-13-26(14-32)15-38-16-26/h4-6,9,12H,3,7-8,10-11,13-16H2,1-2H3,(H,28,34)(H,29,30)(H,36,37). The number of hydrogen-bond acceptors (Lipinski definition) is 6. The van der Waals surface area contributed by atoms with Crippen molar-refractivity contribution in [1.82, 2.24) is 24.6 Å². The molecule has 3 aromatic rings. The quantitative estimate of drug-likeness (QED) is 0.471. The second-order valence-electron chi connectivity index (χ2n) is 11.0. The Balaban J connectivity index is 1.28. The van der Waals surface area contributed by atoms with Gasteiger partial charge in [-0.3, -0.25) is 14.3 Å². The van der Waals surface area contributed by atoms with Gasteiger partial charge in [-0.1, -0.05) is 6.92 Å². The number of likely N-dealkylation sites (tertiary alicyclic amines) is 2. The van der Waals surface area contributed by atoms with Crippen molar-refractivity contribution in [3.8, 4) is 0 Å². The number of nitrogens with zero attached hydrogens (tertiary/aromatic N) is 4. The van der Waals surface area contributed by atoms with Gasteiger partial charge in [0.15, 0.2) is 5.82 Å². The van der Waals surface area contributed by atoms with Gasteiger partial charge >= 0.3 is 6.09 Å². The van der Waals surface area contributed by atoms with E-state index in [1.807, 2.05) is 40.8 Å². The van der Waals surface area contributed by atoms with Gasteiger partial charge in [-0.2, -0.15) is 5.10 Å². The van der Waals surface area contributed by atoms with Crippen LogP contribution in [0.3, 0.4) is 0 Å². The van der Waals surface area contributed by atoms with Gasteiger partial charge in [-0.15, -0.1) is 0 Å². The normalized spacial score (nSPS) is 19.7. The molecule has 0 unspecified atom stereocenters. The molecule has 3 N–H and O–H groups in total. The van der Waals surface area contributed by atoms with E-state index in [1.165, 1.54) is 4.90 Å². The predicted molar refractivity (Wildman–Crippen MR) is 141 cm³/mol. The highest BCUT2D eigenvalue weighted by atomic mass is 16.5. The molecule has 3 fully saturated rings. The molecule has 11 heteroatoms. The van der Waals surface area contributed by atoms with E-state index < -0.39 is 11.6 Å². The SMILES string of the molecule is CCC1(n2nc(Nc3ccc(C(=O)N4CC5(COC5)C4)c(C)c3)c3c(=O)[nH]ccc32)CCN(C(=O)O)CC1. The van der Waals surface area contributed by atoms with E-state index in [1.54, 1.807) is 6.20 Å². The summed E-state index contributed by atoms with van der Waals surface area (Å²) in [4.78, 5) is 43.5. The average Bonchev–Trinajstić information content (AvgIpc) is 3.22. The number of piperidine rings is 1. The van der Waals surface area contributed by atoms with Gasteiger partial charge in [0, 0.05) is 43.6 Å². The number of aromatic nitrogens is 3. The summed E-state index contributed by atoms with van der Waals surface area (Å²) in [7, 11) is 0. The number of amides is 2. The van der Waals surface area contributed by atoms with Crippen molar-refractivity contribution >= 4 is 34.4 Å². The van der Waals surface area contributed by atoms with Crippen molar-refractivity contribution in [1.29, 1.82) is 0 Å². The molecular formula is C27H32N6O5. The van der Waals surface area contributed by atoms with Crippen molar-refractivity contribution in [3.63, 3.8) is 0 Å². The fourth-order valence-corrected chi connectivity index (χ4v) is 6.12. The predicted octanol–water partition coefficient (Wildman–Crippen LogP) is 3.13. The average molecular weight is 521 g/mol. The van der Waals surface area contributed by atoms with Gasteiger partial charge in [-0.05, 0) is 56.0 Å². The fourth-order valence-electron chi connectivity index (χ4n) is 6.12. The first-order valence-corrected chi connectivity index (χ1v) is 13.1. The molecule has 0 atom stereocenters. The Kier molecular flexibility index (Phi) is 5.71. The number of aromatic amines is 1. The first-order valence-electron chi connectivity index (χ1n) is 13.1. The summed E-state index contributed by atoms with van der Waals surface area (Å²) in [6, 6.07) is 7.40. The number of carbonyl (C=O) groups excluding carboxylic acids is 1. The van der Waals surface area contributed by atoms with Crippen LogP contribution in [0.25, 0.3) is 10.9 Å². The van der Waals surface area contributed by atoms with Crippen LogP contribution >= 0.6 is 0 Å². The van der Waals surface area contributed by atoms with Gasteiger partial charge in [0.05, 0.1) is 29.7 Å². The highest BCUT2D eigenvalue weighted by molar-refractivity contribution is 5.97. The minimum atomic E-state index is -0.915. The molecule has 1 spiro atoms. The maximum absolute atomic E-state index is 13.0. The van der Waals surface area contributed by atoms with Crippen LogP contribution in [-0.2, 0) is 10.3 Å². The Morgan fingerprint density at radius 1 is 1.16 bits per heavy atom. The number of hydrogen-bond donors (Lipinski definition) is 3. The number of aryl methyl sites for hydroxylation is 1. The molecule has 38 heavy (non-hydrogen) atoms. The zero-order valence-electron chi connectivity index (χ0n) is 21.6. The lowest BCUT2D eigenvalue weighted by molar-refractivity contribution is -0.176. The summed E-state index contributed by atoms with van der Waals surface area (Å²) in [6.07, 6.45) is 2.67. The van der Waals surface area contributed by atoms with E-state index in [4.69, 9.17) is 9.84 Å². The van der Waals surface area contributed by atoms with Crippen LogP contribution in [0.15, 0.2) is 35.3 Å². The first kappa shape index (κ1) is 24.5. The van der Waals surface area contributed by atoms with Crippen LogP contribution in [0, 0.1) is 12.3 Å². The molecule has 0 saturated carbocycles. The third-order valence-electron chi connectivity index (χ3n) is 8.55. The zero-order chi connectivity index (χ0) is 26.7. The molecule has 200 valence electrons. The summed E-state index contributed by atoms with van der Waals surface area (Å²) in [6.45, 7) is 7.74. The number of anilines is 2. The van der Waals surface area contributed by atoms with Gasteiger partial charge in [0.25, 0.3) is 11.5 Å². The van der Waals surface area contributed by atoms with Gasteiger partial charge in [-0.25, -0.2) is 4.79 Å². The molecule has 0 aliphatic carbocycles. The Morgan fingerprint density at radius 3 is 2.50 bits per heavy atom. The molecule has 6 rings (SSSR count). The topological polar surface area (TPSA) is 133 Å². The summed E-state index contributed by atoms with van der Waals surface area (Å²) in [5.41, 5.74) is 2.45.